The van der Waals surface area contributed by atoms with Crippen molar-refractivity contribution >= 4 is 13.3 Å². The number of carboxylic acid groups (broad SMARTS) is 1. The Morgan fingerprint density at radius 3 is 2.32 bits per heavy atom. The van der Waals surface area contributed by atoms with E-state index < -0.39 is 32.0 Å². The van der Waals surface area contributed by atoms with Crippen molar-refractivity contribution in [3.63, 3.8) is 0 Å². The van der Waals surface area contributed by atoms with E-state index in [1.807, 2.05) is 44.2 Å². The van der Waals surface area contributed by atoms with Crippen LogP contribution in [-0.2, 0) is 22.2 Å². The number of aliphatic carboxylic acids is 1. The summed E-state index contributed by atoms with van der Waals surface area (Å²) in [6.45, 7) is 3.89. The van der Waals surface area contributed by atoms with E-state index in [0.717, 1.165) is 39.2 Å². The Labute approximate surface area is 198 Å². The third-order valence-electron chi connectivity index (χ3n) is 5.76. The maximum absolute atomic E-state index is 13.7. The van der Waals surface area contributed by atoms with Crippen molar-refractivity contribution in [2.75, 3.05) is 12.3 Å². The number of rotatable bonds is 10. The lowest BCUT2D eigenvalue weighted by Crippen LogP contribution is -2.19. The van der Waals surface area contributed by atoms with Gasteiger partial charge in [0.05, 0.1) is 24.4 Å². The number of aliphatic hydroxyl groups excluding tert-OH is 1. The van der Waals surface area contributed by atoms with Gasteiger partial charge in [-0.1, -0.05) is 49.4 Å². The summed E-state index contributed by atoms with van der Waals surface area (Å²) >= 11 is 0. The van der Waals surface area contributed by atoms with Crippen molar-refractivity contribution in [3.8, 4) is 22.4 Å². The Morgan fingerprint density at radius 1 is 1.09 bits per heavy atom. The van der Waals surface area contributed by atoms with Gasteiger partial charge in [-0.2, -0.15) is 0 Å². The topological polar surface area (TPSA) is 108 Å². The molecule has 0 saturated heterocycles. The van der Waals surface area contributed by atoms with Crippen molar-refractivity contribution < 1.29 is 28.9 Å². The number of aryl methyl sites for hydroxylation is 1. The predicted octanol–water partition coefficient (Wildman–Crippen LogP) is 5.07. The first-order valence-corrected chi connectivity index (χ1v) is 13.2. The monoisotopic (exact) mass is 485 g/mol. The van der Waals surface area contributed by atoms with Crippen LogP contribution < -0.4 is 0 Å². The molecular formula is C26H29FNO5P. The van der Waals surface area contributed by atoms with Gasteiger partial charge in [-0.05, 0) is 54.2 Å². The van der Waals surface area contributed by atoms with Crippen LogP contribution in [0, 0.1) is 12.7 Å². The summed E-state index contributed by atoms with van der Waals surface area (Å²) in [6.07, 6.45) is -1.79. The number of aliphatic hydroxyl groups is 1. The quantitative estimate of drug-likeness (QED) is 0.346. The Bertz CT molecular complexity index is 1200. The molecule has 2 aromatic carbocycles. The molecule has 34 heavy (non-hydrogen) atoms. The summed E-state index contributed by atoms with van der Waals surface area (Å²) in [6, 6.07) is 15.8. The molecule has 0 saturated carbocycles. The molecule has 0 fully saturated rings. The Kier molecular flexibility index (Phi) is 8.37. The van der Waals surface area contributed by atoms with Gasteiger partial charge in [0.2, 0.25) is 7.37 Å². The molecule has 2 atom stereocenters. The van der Waals surface area contributed by atoms with Crippen LogP contribution in [-0.4, -0.2) is 44.5 Å². The average Bonchev–Trinajstić information content (AvgIpc) is 2.78. The predicted molar refractivity (Wildman–Crippen MR) is 131 cm³/mol. The number of aromatic nitrogens is 1. The first-order valence-electron chi connectivity index (χ1n) is 11.2. The summed E-state index contributed by atoms with van der Waals surface area (Å²) in [4.78, 5) is 26.2. The minimum absolute atomic E-state index is 0.128. The number of benzene rings is 2. The van der Waals surface area contributed by atoms with Crippen LogP contribution >= 0.6 is 7.37 Å². The van der Waals surface area contributed by atoms with Crippen molar-refractivity contribution in [2.24, 2.45) is 0 Å². The summed E-state index contributed by atoms with van der Waals surface area (Å²) in [7, 11) is -3.81. The zero-order valence-electron chi connectivity index (χ0n) is 19.2. The zero-order chi connectivity index (χ0) is 24.9. The normalized spacial score (nSPS) is 13.9. The molecular weight excluding hydrogens is 456 g/mol. The minimum atomic E-state index is -3.81. The van der Waals surface area contributed by atoms with Crippen molar-refractivity contribution in [1.29, 1.82) is 0 Å². The van der Waals surface area contributed by atoms with E-state index in [2.05, 4.69) is 0 Å². The lowest BCUT2D eigenvalue weighted by molar-refractivity contribution is -0.138. The van der Waals surface area contributed by atoms with E-state index in [1.54, 1.807) is 12.1 Å². The second-order valence-electron chi connectivity index (χ2n) is 8.37. The van der Waals surface area contributed by atoms with Crippen LogP contribution in [0.2, 0.25) is 0 Å². The Hall–Kier alpha value is -2.86. The smallest absolute Gasteiger partial charge is 0.305 e. The summed E-state index contributed by atoms with van der Waals surface area (Å²) < 4.78 is 26.4. The van der Waals surface area contributed by atoms with Crippen molar-refractivity contribution in [2.45, 2.75) is 39.2 Å². The molecule has 0 bridgehead atoms. The van der Waals surface area contributed by atoms with Gasteiger partial charge in [0.15, 0.2) is 0 Å². The molecule has 0 aliphatic heterocycles. The highest BCUT2D eigenvalue weighted by Crippen LogP contribution is 2.44. The van der Waals surface area contributed by atoms with Crippen molar-refractivity contribution in [3.05, 3.63) is 77.2 Å². The highest BCUT2D eigenvalue weighted by Gasteiger charge is 2.26. The zero-order valence-corrected chi connectivity index (χ0v) is 20.1. The van der Waals surface area contributed by atoms with Gasteiger partial charge in [0, 0.05) is 17.4 Å². The molecule has 0 radical (unpaired) electrons. The van der Waals surface area contributed by atoms with Gasteiger partial charge < -0.3 is 15.1 Å². The standard InChI is InChI=1S/C26H29FNO5P/c1-3-23-22(13-14-34(32,33)16-21(29)15-24(30)31)25(18-9-11-20(27)12-10-18)17(2)26(28-23)19-7-5-4-6-8-19/h4-12,21,29H,3,13-16H2,1-2H3,(H,30,31)(H,32,33)/t21-/m0/s1. The number of nitrogens with zero attached hydrogens (tertiary/aromatic N) is 1. The van der Waals surface area contributed by atoms with E-state index in [4.69, 9.17) is 10.1 Å². The lowest BCUT2D eigenvalue weighted by Gasteiger charge is -2.21. The summed E-state index contributed by atoms with van der Waals surface area (Å²) in [5.74, 6) is -1.58. The van der Waals surface area contributed by atoms with Crippen LogP contribution in [0.3, 0.4) is 0 Å². The first-order chi connectivity index (χ1) is 16.1. The number of pyridine rings is 1. The van der Waals surface area contributed by atoms with E-state index >= 15 is 0 Å². The third-order valence-corrected chi connectivity index (χ3v) is 7.67. The maximum Gasteiger partial charge on any atom is 0.305 e. The minimum Gasteiger partial charge on any atom is -0.481 e. The van der Waals surface area contributed by atoms with Gasteiger partial charge in [-0.25, -0.2) is 4.39 Å². The van der Waals surface area contributed by atoms with E-state index in [-0.39, 0.29) is 18.4 Å². The second-order valence-corrected chi connectivity index (χ2v) is 10.9. The number of hydrogen-bond donors (Lipinski definition) is 3. The molecule has 3 rings (SSSR count). The first kappa shape index (κ1) is 25.8. The molecule has 3 N–H and O–H groups in total. The van der Waals surface area contributed by atoms with Crippen LogP contribution in [0.1, 0.15) is 30.2 Å². The number of halogens is 1. The molecule has 180 valence electrons. The van der Waals surface area contributed by atoms with E-state index in [9.17, 15) is 23.7 Å². The van der Waals surface area contributed by atoms with Gasteiger partial charge >= 0.3 is 5.97 Å². The largest absolute Gasteiger partial charge is 0.481 e. The van der Waals surface area contributed by atoms with Crippen LogP contribution in [0.5, 0.6) is 0 Å². The lowest BCUT2D eigenvalue weighted by atomic mass is 9.89. The molecule has 1 unspecified atom stereocenters. The Morgan fingerprint density at radius 2 is 1.74 bits per heavy atom. The van der Waals surface area contributed by atoms with Crippen LogP contribution in [0.15, 0.2) is 54.6 Å². The molecule has 0 spiro atoms. The molecule has 1 heterocycles. The summed E-state index contributed by atoms with van der Waals surface area (Å²) in [5.41, 5.74) is 5.81. The van der Waals surface area contributed by atoms with Gasteiger partial charge in [-0.15, -0.1) is 0 Å². The fourth-order valence-corrected chi connectivity index (χ4v) is 5.74. The van der Waals surface area contributed by atoms with E-state index in [0.29, 0.717) is 6.42 Å². The molecule has 0 aliphatic carbocycles. The number of carbonyl (C=O) groups is 1. The molecule has 3 aromatic rings. The van der Waals surface area contributed by atoms with Crippen LogP contribution in [0.4, 0.5) is 4.39 Å². The number of hydrogen-bond acceptors (Lipinski definition) is 4. The summed E-state index contributed by atoms with van der Waals surface area (Å²) in [5, 5.41) is 18.7. The van der Waals surface area contributed by atoms with Crippen molar-refractivity contribution in [1.82, 2.24) is 4.98 Å². The maximum atomic E-state index is 13.7. The highest BCUT2D eigenvalue weighted by molar-refractivity contribution is 7.58. The molecule has 8 heteroatoms. The third kappa shape index (κ3) is 6.38. The van der Waals surface area contributed by atoms with Crippen LogP contribution in [0.25, 0.3) is 22.4 Å². The highest BCUT2D eigenvalue weighted by atomic mass is 31.2. The fraction of sp³-hybridized carbons (Fsp3) is 0.308. The van der Waals surface area contributed by atoms with E-state index in [1.165, 1.54) is 12.1 Å². The van der Waals surface area contributed by atoms with Gasteiger partial charge in [0.1, 0.15) is 5.82 Å². The fourth-order valence-electron chi connectivity index (χ4n) is 4.19. The van der Waals surface area contributed by atoms with Gasteiger partial charge in [0.25, 0.3) is 0 Å². The second kappa shape index (κ2) is 11.0. The molecule has 6 nitrogen and oxygen atoms in total. The SMILES string of the molecule is CCc1nc(-c2ccccc2)c(C)c(-c2ccc(F)cc2)c1CCP(=O)(O)C[C@@H](O)CC(=O)O. The average molecular weight is 485 g/mol. The molecule has 0 amide bonds. The number of carboxylic acids is 1. The van der Waals surface area contributed by atoms with Gasteiger partial charge in [-0.3, -0.25) is 14.3 Å². The molecule has 0 aliphatic rings. The molecule has 1 aromatic heterocycles. The Balaban J connectivity index is 2.07.